The average molecular weight is 654 g/mol. The molecule has 5 aromatic rings. The van der Waals surface area contributed by atoms with Crippen molar-refractivity contribution in [1.82, 2.24) is 0 Å². The van der Waals surface area contributed by atoms with Gasteiger partial charge in [0.1, 0.15) is 28.9 Å². The van der Waals surface area contributed by atoms with Crippen molar-refractivity contribution in [2.75, 3.05) is 59.0 Å². The highest BCUT2D eigenvalue weighted by Gasteiger charge is 2.33. The lowest BCUT2D eigenvalue weighted by Crippen LogP contribution is -2.24. The second-order valence-corrected chi connectivity index (χ2v) is 12.5. The summed E-state index contributed by atoms with van der Waals surface area (Å²) in [7, 11) is -0.0814. The molecule has 0 saturated carbocycles. The van der Waals surface area contributed by atoms with Crippen LogP contribution >= 0.6 is 0 Å². The van der Waals surface area contributed by atoms with E-state index >= 15 is 0 Å². The van der Waals surface area contributed by atoms with E-state index in [0.717, 1.165) is 0 Å². The standard InChI is InChI=1S/C32H31NO12S/c1-14-9-15-21-22-16(10-14)32(43-4)31(38)24-18(36)12-20(42-3)26(28(22)24)25-19(41-2)11-17(35)23(27(21)25)30(37)29(15)33-13-46(39,40)45-8-7-44-6-5-34/h10-12,33-36H,5-9,13H2,1-4H3. The van der Waals surface area contributed by atoms with Crippen LogP contribution in [0.4, 0.5) is 5.69 Å². The lowest BCUT2D eigenvalue weighted by atomic mass is 9.83. The van der Waals surface area contributed by atoms with Crippen LogP contribution in [0.15, 0.2) is 27.3 Å². The molecule has 0 unspecified atom stereocenters. The Bertz CT molecular complexity index is 2300. The maximum atomic E-state index is 14.3. The molecule has 1 aliphatic carbocycles. The molecular weight excluding hydrogens is 622 g/mol. The van der Waals surface area contributed by atoms with Gasteiger partial charge in [0, 0.05) is 44.6 Å². The Balaban J connectivity index is 1.77. The first-order valence-electron chi connectivity index (χ1n) is 14.2. The lowest BCUT2D eigenvalue weighted by Gasteiger charge is -2.23. The molecule has 46 heavy (non-hydrogen) atoms. The lowest BCUT2D eigenvalue weighted by molar-refractivity contribution is 0.0719. The van der Waals surface area contributed by atoms with E-state index in [0.29, 0.717) is 49.0 Å². The van der Waals surface area contributed by atoms with Crippen molar-refractivity contribution in [2.45, 2.75) is 13.3 Å². The zero-order valence-corrected chi connectivity index (χ0v) is 26.2. The maximum absolute atomic E-state index is 14.3. The number of nitrogens with one attached hydrogen (secondary N) is 1. The van der Waals surface area contributed by atoms with E-state index < -0.39 is 32.6 Å². The monoisotopic (exact) mass is 653 g/mol. The molecule has 0 heterocycles. The molecule has 0 saturated heterocycles. The van der Waals surface area contributed by atoms with Gasteiger partial charge in [-0.25, -0.2) is 0 Å². The van der Waals surface area contributed by atoms with Crippen LogP contribution in [-0.4, -0.2) is 77.4 Å². The topological polar surface area (TPSA) is 187 Å². The van der Waals surface area contributed by atoms with Crippen molar-refractivity contribution in [3.63, 3.8) is 0 Å². The maximum Gasteiger partial charge on any atom is 0.285 e. The molecule has 0 aliphatic heterocycles. The fourth-order valence-electron chi connectivity index (χ4n) is 6.49. The van der Waals surface area contributed by atoms with Crippen LogP contribution < -0.4 is 30.4 Å². The number of aliphatic hydroxyl groups excluding tert-OH is 1. The first kappa shape index (κ1) is 31.4. The van der Waals surface area contributed by atoms with Gasteiger partial charge < -0.3 is 39.6 Å². The SMILES string of the molecule is COc1c2c3c4c(c(NCS(=O)(=O)OCCOCCO)c(=O)c5c(O)cc(OC)c(c6c(OC)cc(O)c(c1=O)c63)c54)CC(C)=C2. The number of aromatic hydroxyl groups is 2. The fourth-order valence-corrected chi connectivity index (χ4v) is 7.22. The van der Waals surface area contributed by atoms with E-state index in [2.05, 4.69) is 5.32 Å². The van der Waals surface area contributed by atoms with Crippen molar-refractivity contribution in [2.24, 2.45) is 0 Å². The summed E-state index contributed by atoms with van der Waals surface area (Å²) >= 11 is 0. The zero-order chi connectivity index (χ0) is 33.1. The van der Waals surface area contributed by atoms with Crippen LogP contribution in [0.25, 0.3) is 49.2 Å². The number of allylic oxidation sites excluding steroid dienone is 1. The van der Waals surface area contributed by atoms with Crippen molar-refractivity contribution in [3.05, 3.63) is 49.3 Å². The second kappa shape index (κ2) is 11.6. The zero-order valence-electron chi connectivity index (χ0n) is 25.4. The van der Waals surface area contributed by atoms with E-state index in [-0.39, 0.29) is 72.3 Å². The van der Waals surface area contributed by atoms with Crippen molar-refractivity contribution in [3.8, 4) is 28.7 Å². The molecular formula is C32H31NO12S. The second-order valence-electron chi connectivity index (χ2n) is 10.9. The molecule has 0 spiro atoms. The number of phenolic OH excluding ortho intramolecular Hbond substituents is 2. The molecule has 0 atom stereocenters. The van der Waals surface area contributed by atoms with Crippen molar-refractivity contribution < 1.29 is 46.9 Å². The molecule has 13 nitrogen and oxygen atoms in total. The number of anilines is 1. The Morgan fingerprint density at radius 1 is 0.783 bits per heavy atom. The highest BCUT2D eigenvalue weighted by molar-refractivity contribution is 7.86. The Hall–Kier alpha value is -4.63. The molecule has 14 heteroatoms. The Morgan fingerprint density at radius 2 is 1.39 bits per heavy atom. The van der Waals surface area contributed by atoms with Crippen LogP contribution in [0, 0.1) is 0 Å². The number of methoxy groups -OCH3 is 3. The quantitative estimate of drug-likeness (QED) is 0.0667. The Morgan fingerprint density at radius 3 is 1.98 bits per heavy atom. The highest BCUT2D eigenvalue weighted by Crippen LogP contribution is 2.54. The van der Waals surface area contributed by atoms with E-state index in [1.165, 1.54) is 33.5 Å². The number of hydrogen-bond acceptors (Lipinski definition) is 13. The molecule has 0 bridgehead atoms. The average Bonchev–Trinajstić information content (AvgIpc) is 3.16. The summed E-state index contributed by atoms with van der Waals surface area (Å²) < 4.78 is 52.7. The molecule has 4 N–H and O–H groups in total. The molecule has 1 aliphatic rings. The molecule has 242 valence electrons. The summed E-state index contributed by atoms with van der Waals surface area (Å²) in [5, 5.41) is 36.1. The first-order chi connectivity index (χ1) is 22.0. The number of rotatable bonds is 12. The van der Waals surface area contributed by atoms with Gasteiger partial charge in [0.25, 0.3) is 10.1 Å². The molecule has 5 aromatic carbocycles. The Labute approximate surface area is 261 Å². The molecule has 0 amide bonds. The van der Waals surface area contributed by atoms with Gasteiger partial charge in [-0.3, -0.25) is 13.8 Å². The van der Waals surface area contributed by atoms with Gasteiger partial charge in [-0.2, -0.15) is 8.42 Å². The van der Waals surface area contributed by atoms with Crippen molar-refractivity contribution >= 4 is 65.0 Å². The third-order valence-electron chi connectivity index (χ3n) is 8.19. The normalized spacial score (nSPS) is 13.2. The highest BCUT2D eigenvalue weighted by atomic mass is 32.2. The minimum atomic E-state index is -4.22. The van der Waals surface area contributed by atoms with Gasteiger partial charge in [-0.15, -0.1) is 0 Å². The number of benzene rings is 5. The van der Waals surface area contributed by atoms with E-state index in [1.807, 2.05) is 0 Å². The number of aliphatic hydroxyl groups is 1. The van der Waals surface area contributed by atoms with Crippen LogP contribution in [0.2, 0.25) is 0 Å². The predicted octanol–water partition coefficient (Wildman–Crippen LogP) is 3.02. The first-order valence-corrected chi connectivity index (χ1v) is 15.8. The minimum absolute atomic E-state index is 0.0215. The smallest absolute Gasteiger partial charge is 0.285 e. The number of ether oxygens (including phenoxy) is 4. The molecule has 6 rings (SSSR count). The summed E-state index contributed by atoms with van der Waals surface area (Å²) in [6, 6.07) is 2.58. The van der Waals surface area contributed by atoms with Crippen LogP contribution in [-0.2, 0) is 25.5 Å². The number of hydrogen-bond donors (Lipinski definition) is 4. The summed E-state index contributed by atoms with van der Waals surface area (Å²) in [5.74, 6) is -1.21. The van der Waals surface area contributed by atoms with E-state index in [9.17, 15) is 28.2 Å². The summed E-state index contributed by atoms with van der Waals surface area (Å²) in [6.45, 7) is 1.21. The molecule has 0 fully saturated rings. The fraction of sp³-hybridized carbons (Fsp3) is 0.312. The third kappa shape index (κ3) is 4.67. The van der Waals surface area contributed by atoms with Gasteiger partial charge >= 0.3 is 0 Å². The summed E-state index contributed by atoms with van der Waals surface area (Å²) in [5.41, 5.74) is 0.179. The van der Waals surface area contributed by atoms with Gasteiger partial charge in [0.05, 0.1) is 64.2 Å². The third-order valence-corrected chi connectivity index (χ3v) is 9.21. The van der Waals surface area contributed by atoms with E-state index in [4.69, 9.17) is 28.2 Å². The van der Waals surface area contributed by atoms with Crippen LogP contribution in [0.5, 0.6) is 28.7 Å². The van der Waals surface area contributed by atoms with Gasteiger partial charge in [0.2, 0.25) is 10.9 Å². The largest absolute Gasteiger partial charge is 0.507 e. The van der Waals surface area contributed by atoms with E-state index in [1.54, 1.807) is 13.0 Å². The number of fused-ring (bicyclic) bond motifs is 1. The van der Waals surface area contributed by atoms with Crippen LogP contribution in [0.1, 0.15) is 18.1 Å². The van der Waals surface area contributed by atoms with Crippen LogP contribution in [0.3, 0.4) is 0 Å². The minimum Gasteiger partial charge on any atom is -0.507 e. The number of phenols is 2. The summed E-state index contributed by atoms with van der Waals surface area (Å²) in [4.78, 5) is 28.2. The van der Waals surface area contributed by atoms with Crippen molar-refractivity contribution in [1.29, 1.82) is 0 Å². The molecule has 0 aromatic heterocycles. The predicted molar refractivity (Wildman–Crippen MR) is 173 cm³/mol. The Kier molecular flexibility index (Phi) is 7.92. The van der Waals surface area contributed by atoms with Gasteiger partial charge in [-0.05, 0) is 24.3 Å². The molecule has 0 radical (unpaired) electrons. The summed E-state index contributed by atoms with van der Waals surface area (Å²) in [6.07, 6.45) is 1.90. The van der Waals surface area contributed by atoms with Gasteiger partial charge in [-0.1, -0.05) is 11.6 Å². The van der Waals surface area contributed by atoms with Gasteiger partial charge in [0.15, 0.2) is 5.75 Å².